The van der Waals surface area contributed by atoms with Crippen molar-refractivity contribution in [3.8, 4) is 0 Å². The van der Waals surface area contributed by atoms with Crippen molar-refractivity contribution in [3.63, 3.8) is 0 Å². The molecule has 0 aliphatic rings. The number of hydrogen-bond donors (Lipinski definition) is 1. The number of hydrogen-bond acceptors (Lipinski definition) is 1. The largest absolute Gasteiger partial charge is 0.175 e. The third-order valence-electron chi connectivity index (χ3n) is 2.28. The quantitative estimate of drug-likeness (QED) is 0.472. The lowest BCUT2D eigenvalue weighted by Crippen LogP contribution is -2.18. The molecule has 0 N–H and O–H groups in total. The summed E-state index contributed by atoms with van der Waals surface area (Å²) in [6.07, 6.45) is 6.31. The SMILES string of the molecule is C=CC(C)C(C=C)C(S)CCC. The van der Waals surface area contributed by atoms with Gasteiger partial charge in [-0.15, -0.1) is 13.2 Å². The summed E-state index contributed by atoms with van der Waals surface area (Å²) >= 11 is 4.56. The molecule has 0 aromatic carbocycles. The van der Waals surface area contributed by atoms with E-state index in [0.717, 1.165) is 6.42 Å². The van der Waals surface area contributed by atoms with Crippen LogP contribution in [0, 0.1) is 11.8 Å². The zero-order chi connectivity index (χ0) is 9.56. The first kappa shape index (κ1) is 11.8. The van der Waals surface area contributed by atoms with Gasteiger partial charge in [-0.1, -0.05) is 32.4 Å². The molecule has 0 aromatic heterocycles. The molecule has 70 valence electrons. The molecule has 0 spiro atoms. The Bertz CT molecular complexity index is 140. The molecule has 0 heterocycles. The molecule has 0 fully saturated rings. The number of allylic oxidation sites excluding steroid dienone is 2. The van der Waals surface area contributed by atoms with E-state index >= 15 is 0 Å². The second kappa shape index (κ2) is 6.36. The Morgan fingerprint density at radius 2 is 1.92 bits per heavy atom. The molecule has 0 amide bonds. The van der Waals surface area contributed by atoms with Gasteiger partial charge in [0.25, 0.3) is 0 Å². The van der Waals surface area contributed by atoms with Crippen molar-refractivity contribution in [2.75, 3.05) is 0 Å². The summed E-state index contributed by atoms with van der Waals surface area (Å²) in [5, 5.41) is 0.431. The van der Waals surface area contributed by atoms with Crippen LogP contribution in [0.15, 0.2) is 25.3 Å². The zero-order valence-electron chi connectivity index (χ0n) is 8.16. The van der Waals surface area contributed by atoms with Crippen molar-refractivity contribution >= 4 is 12.6 Å². The molecule has 0 saturated heterocycles. The molecule has 3 unspecified atom stereocenters. The van der Waals surface area contributed by atoms with Crippen LogP contribution in [0.3, 0.4) is 0 Å². The minimum atomic E-state index is 0.431. The molecule has 0 radical (unpaired) electrons. The highest BCUT2D eigenvalue weighted by atomic mass is 32.1. The van der Waals surface area contributed by atoms with Gasteiger partial charge in [0.15, 0.2) is 0 Å². The van der Waals surface area contributed by atoms with Crippen LogP contribution in [0.1, 0.15) is 26.7 Å². The molecule has 0 aromatic rings. The Labute approximate surface area is 82.2 Å². The first-order valence-corrected chi connectivity index (χ1v) is 5.12. The fourth-order valence-electron chi connectivity index (χ4n) is 1.37. The van der Waals surface area contributed by atoms with Gasteiger partial charge in [0.2, 0.25) is 0 Å². The smallest absolute Gasteiger partial charge is 0.00849 e. The van der Waals surface area contributed by atoms with Crippen LogP contribution < -0.4 is 0 Å². The van der Waals surface area contributed by atoms with E-state index in [0.29, 0.717) is 17.1 Å². The lowest BCUT2D eigenvalue weighted by atomic mass is 9.89. The summed E-state index contributed by atoms with van der Waals surface area (Å²) in [4.78, 5) is 0. The molecule has 3 atom stereocenters. The fourth-order valence-corrected chi connectivity index (χ4v) is 2.02. The van der Waals surface area contributed by atoms with Crippen LogP contribution in [0.25, 0.3) is 0 Å². The standard InChI is InChI=1S/C11H20S/c1-5-8-11(12)10(7-3)9(4)6-2/h6-7,9-12H,2-3,5,8H2,1,4H3. The summed E-state index contributed by atoms with van der Waals surface area (Å²) in [5.41, 5.74) is 0. The Balaban J connectivity index is 4.12. The molecule has 0 rings (SSSR count). The minimum absolute atomic E-state index is 0.431. The van der Waals surface area contributed by atoms with Crippen LogP contribution in [-0.2, 0) is 0 Å². The third kappa shape index (κ3) is 3.48. The first-order chi connectivity index (χ1) is 5.67. The Morgan fingerprint density at radius 3 is 2.25 bits per heavy atom. The van der Waals surface area contributed by atoms with E-state index in [-0.39, 0.29) is 0 Å². The molecule has 0 aliphatic heterocycles. The van der Waals surface area contributed by atoms with E-state index in [1.807, 2.05) is 12.2 Å². The highest BCUT2D eigenvalue weighted by Gasteiger charge is 2.18. The summed E-state index contributed by atoms with van der Waals surface area (Å²) in [6.45, 7) is 12.0. The van der Waals surface area contributed by atoms with Gasteiger partial charge in [0.1, 0.15) is 0 Å². The van der Waals surface area contributed by atoms with Gasteiger partial charge in [0, 0.05) is 5.25 Å². The van der Waals surface area contributed by atoms with Gasteiger partial charge in [0.05, 0.1) is 0 Å². The molecule has 0 bridgehead atoms. The van der Waals surface area contributed by atoms with Crippen LogP contribution in [-0.4, -0.2) is 5.25 Å². The lowest BCUT2D eigenvalue weighted by molar-refractivity contribution is 0.474. The van der Waals surface area contributed by atoms with Crippen LogP contribution in [0.5, 0.6) is 0 Å². The molecule has 12 heavy (non-hydrogen) atoms. The number of thiol groups is 1. The summed E-state index contributed by atoms with van der Waals surface area (Å²) in [7, 11) is 0. The molecule has 0 saturated carbocycles. The van der Waals surface area contributed by atoms with Gasteiger partial charge >= 0.3 is 0 Å². The highest BCUT2D eigenvalue weighted by molar-refractivity contribution is 7.81. The van der Waals surface area contributed by atoms with Crippen molar-refractivity contribution in [1.82, 2.24) is 0 Å². The Kier molecular flexibility index (Phi) is 6.27. The Hall–Kier alpha value is -0.170. The maximum Gasteiger partial charge on any atom is 0.00849 e. The average molecular weight is 184 g/mol. The Morgan fingerprint density at radius 1 is 1.33 bits per heavy atom. The maximum atomic E-state index is 4.56. The summed E-state index contributed by atoms with van der Waals surface area (Å²) in [5.74, 6) is 0.947. The lowest BCUT2D eigenvalue weighted by Gasteiger charge is -2.23. The molecular weight excluding hydrogens is 164 g/mol. The molecule has 1 heteroatoms. The first-order valence-electron chi connectivity index (χ1n) is 4.60. The van der Waals surface area contributed by atoms with Crippen molar-refractivity contribution in [1.29, 1.82) is 0 Å². The van der Waals surface area contributed by atoms with E-state index in [1.165, 1.54) is 6.42 Å². The van der Waals surface area contributed by atoms with Gasteiger partial charge in [-0.3, -0.25) is 0 Å². The van der Waals surface area contributed by atoms with Crippen molar-refractivity contribution in [2.24, 2.45) is 11.8 Å². The maximum absolute atomic E-state index is 4.56. The summed E-state index contributed by atoms with van der Waals surface area (Å²) in [6, 6.07) is 0. The van der Waals surface area contributed by atoms with Gasteiger partial charge < -0.3 is 0 Å². The van der Waals surface area contributed by atoms with Crippen molar-refractivity contribution in [2.45, 2.75) is 31.9 Å². The fraction of sp³-hybridized carbons (Fsp3) is 0.636. The normalized spacial score (nSPS) is 17.9. The van der Waals surface area contributed by atoms with Gasteiger partial charge in [-0.2, -0.15) is 12.6 Å². The average Bonchev–Trinajstić information content (AvgIpc) is 2.06. The highest BCUT2D eigenvalue weighted by Crippen LogP contribution is 2.25. The van der Waals surface area contributed by atoms with Crippen LogP contribution in [0.2, 0.25) is 0 Å². The predicted octanol–water partition coefficient (Wildman–Crippen LogP) is 3.71. The van der Waals surface area contributed by atoms with Crippen LogP contribution in [0.4, 0.5) is 0 Å². The zero-order valence-corrected chi connectivity index (χ0v) is 9.06. The molecule has 0 aliphatic carbocycles. The third-order valence-corrected chi connectivity index (χ3v) is 2.88. The topological polar surface area (TPSA) is 0 Å². The minimum Gasteiger partial charge on any atom is -0.175 e. The summed E-state index contributed by atoms with van der Waals surface area (Å²) < 4.78 is 0. The monoisotopic (exact) mass is 184 g/mol. The van der Waals surface area contributed by atoms with Crippen molar-refractivity contribution in [3.05, 3.63) is 25.3 Å². The second-order valence-electron chi connectivity index (χ2n) is 3.26. The van der Waals surface area contributed by atoms with Gasteiger partial charge in [-0.05, 0) is 18.3 Å². The number of rotatable bonds is 6. The van der Waals surface area contributed by atoms with E-state index in [1.54, 1.807) is 0 Å². The molecule has 0 nitrogen and oxygen atoms in total. The van der Waals surface area contributed by atoms with E-state index in [4.69, 9.17) is 0 Å². The van der Waals surface area contributed by atoms with E-state index in [9.17, 15) is 0 Å². The van der Waals surface area contributed by atoms with Crippen molar-refractivity contribution < 1.29 is 0 Å². The predicted molar refractivity (Wildman–Crippen MR) is 60.7 cm³/mol. The second-order valence-corrected chi connectivity index (χ2v) is 3.93. The van der Waals surface area contributed by atoms with Gasteiger partial charge in [-0.25, -0.2) is 0 Å². The van der Waals surface area contributed by atoms with E-state index in [2.05, 4.69) is 39.6 Å². The van der Waals surface area contributed by atoms with Crippen LogP contribution >= 0.6 is 12.6 Å². The molecular formula is C11H20S. The van der Waals surface area contributed by atoms with E-state index < -0.39 is 0 Å².